The second-order valence-corrected chi connectivity index (χ2v) is 8.07. The highest BCUT2D eigenvalue weighted by molar-refractivity contribution is 7.88. The second kappa shape index (κ2) is 8.49. The van der Waals surface area contributed by atoms with Gasteiger partial charge in [0.05, 0.1) is 19.4 Å². The predicted molar refractivity (Wildman–Crippen MR) is 101 cm³/mol. The largest absolute Gasteiger partial charge is 0.494 e. The number of hydrogen-bond donors (Lipinski definition) is 0. The van der Waals surface area contributed by atoms with Crippen LogP contribution in [0.25, 0.3) is 11.4 Å². The highest BCUT2D eigenvalue weighted by Gasteiger charge is 2.22. The lowest BCUT2D eigenvalue weighted by molar-refractivity contribution is 0.311. The predicted octanol–water partition coefficient (Wildman–Crippen LogP) is 3.24. The molecule has 148 valence electrons. The zero-order valence-electron chi connectivity index (χ0n) is 15.5. The van der Waals surface area contributed by atoms with Crippen LogP contribution >= 0.6 is 0 Å². The number of halogens is 1. The molecule has 0 saturated heterocycles. The zero-order valence-corrected chi connectivity index (χ0v) is 16.3. The van der Waals surface area contributed by atoms with Gasteiger partial charge in [0.2, 0.25) is 21.7 Å². The standard InChI is InChI=1S/C19H20FN3O4S/c1-3-26-16-10-8-14(9-11-16)19-21-18(27-22-19)13-23(28(2,24)25)12-15-6-4-5-7-17(15)20/h4-11H,3,12-13H2,1-2H3. The molecule has 3 rings (SSSR count). The Labute approximate surface area is 162 Å². The molecule has 3 aromatic rings. The average molecular weight is 405 g/mol. The fourth-order valence-corrected chi connectivity index (χ4v) is 3.28. The van der Waals surface area contributed by atoms with Crippen LogP contribution in [0.2, 0.25) is 0 Å². The Hall–Kier alpha value is -2.78. The molecule has 0 radical (unpaired) electrons. The van der Waals surface area contributed by atoms with Crippen molar-refractivity contribution in [1.29, 1.82) is 0 Å². The van der Waals surface area contributed by atoms with E-state index in [4.69, 9.17) is 9.26 Å². The van der Waals surface area contributed by atoms with Gasteiger partial charge in [-0.2, -0.15) is 9.29 Å². The van der Waals surface area contributed by atoms with E-state index in [1.54, 1.807) is 36.4 Å². The van der Waals surface area contributed by atoms with Crippen molar-refractivity contribution in [2.45, 2.75) is 20.0 Å². The van der Waals surface area contributed by atoms with Gasteiger partial charge in [0, 0.05) is 17.7 Å². The number of rotatable bonds is 8. The molecule has 0 atom stereocenters. The van der Waals surface area contributed by atoms with E-state index in [2.05, 4.69) is 10.1 Å². The molecule has 0 saturated carbocycles. The molecular formula is C19H20FN3O4S. The molecule has 1 aromatic heterocycles. The van der Waals surface area contributed by atoms with Gasteiger partial charge >= 0.3 is 0 Å². The first-order valence-electron chi connectivity index (χ1n) is 8.61. The van der Waals surface area contributed by atoms with E-state index in [1.807, 2.05) is 6.92 Å². The zero-order chi connectivity index (χ0) is 20.1. The maximum absolute atomic E-state index is 13.9. The van der Waals surface area contributed by atoms with E-state index >= 15 is 0 Å². The second-order valence-electron chi connectivity index (χ2n) is 6.09. The molecule has 0 N–H and O–H groups in total. The molecule has 7 nitrogen and oxygen atoms in total. The van der Waals surface area contributed by atoms with Crippen LogP contribution in [-0.2, 0) is 23.1 Å². The normalized spacial score (nSPS) is 11.7. The van der Waals surface area contributed by atoms with Crippen molar-refractivity contribution in [3.8, 4) is 17.1 Å². The summed E-state index contributed by atoms with van der Waals surface area (Å²) in [5.41, 5.74) is 0.970. The molecule has 0 amide bonds. The van der Waals surface area contributed by atoms with Crippen LogP contribution in [0.1, 0.15) is 18.4 Å². The molecule has 0 aliphatic heterocycles. The van der Waals surface area contributed by atoms with Crippen LogP contribution in [0.3, 0.4) is 0 Å². The summed E-state index contributed by atoms with van der Waals surface area (Å²) in [5.74, 6) is 0.697. The van der Waals surface area contributed by atoms with Crippen LogP contribution in [0.15, 0.2) is 53.1 Å². The third kappa shape index (κ3) is 4.93. The molecule has 1 heterocycles. The van der Waals surface area contributed by atoms with Crippen LogP contribution in [0, 0.1) is 5.82 Å². The Morgan fingerprint density at radius 2 is 1.82 bits per heavy atom. The SMILES string of the molecule is CCOc1ccc(-c2noc(CN(Cc3ccccc3F)S(C)(=O)=O)n2)cc1. The van der Waals surface area contributed by atoms with Crippen molar-refractivity contribution in [1.82, 2.24) is 14.4 Å². The van der Waals surface area contributed by atoms with Gasteiger partial charge in [-0.15, -0.1) is 0 Å². The summed E-state index contributed by atoms with van der Waals surface area (Å²) in [7, 11) is -3.62. The van der Waals surface area contributed by atoms with Crippen molar-refractivity contribution in [3.63, 3.8) is 0 Å². The molecule has 2 aromatic carbocycles. The number of aromatic nitrogens is 2. The number of hydrogen-bond acceptors (Lipinski definition) is 6. The summed E-state index contributed by atoms with van der Waals surface area (Å²) < 4.78 is 49.8. The quantitative estimate of drug-likeness (QED) is 0.572. The molecule has 0 spiro atoms. The first-order chi connectivity index (χ1) is 13.4. The van der Waals surface area contributed by atoms with Gasteiger partial charge in [0.25, 0.3) is 0 Å². The molecule has 0 bridgehead atoms. The van der Waals surface area contributed by atoms with Crippen LogP contribution < -0.4 is 4.74 Å². The lowest BCUT2D eigenvalue weighted by Gasteiger charge is -2.18. The molecule has 9 heteroatoms. The number of benzene rings is 2. The average Bonchev–Trinajstić information content (AvgIpc) is 3.12. The number of sulfonamides is 1. The minimum absolute atomic E-state index is 0.116. The van der Waals surface area contributed by atoms with Crippen molar-refractivity contribution in [3.05, 3.63) is 65.8 Å². The third-order valence-electron chi connectivity index (χ3n) is 3.98. The van der Waals surface area contributed by atoms with Crippen molar-refractivity contribution in [2.24, 2.45) is 0 Å². The number of ether oxygens (including phenoxy) is 1. The van der Waals surface area contributed by atoms with E-state index in [0.717, 1.165) is 16.3 Å². The molecule has 0 aliphatic rings. The highest BCUT2D eigenvalue weighted by Crippen LogP contribution is 2.21. The van der Waals surface area contributed by atoms with Gasteiger partial charge < -0.3 is 9.26 Å². The topological polar surface area (TPSA) is 85.5 Å². The fraction of sp³-hybridized carbons (Fsp3) is 0.263. The Balaban J connectivity index is 1.78. The van der Waals surface area contributed by atoms with E-state index < -0.39 is 15.8 Å². The maximum Gasteiger partial charge on any atom is 0.242 e. The van der Waals surface area contributed by atoms with Crippen molar-refractivity contribution < 1.29 is 22.1 Å². The molecule has 28 heavy (non-hydrogen) atoms. The van der Waals surface area contributed by atoms with Crippen LogP contribution in [-0.4, -0.2) is 35.7 Å². The summed E-state index contributed by atoms with van der Waals surface area (Å²) in [6, 6.07) is 13.2. The lowest BCUT2D eigenvalue weighted by atomic mass is 10.2. The summed E-state index contributed by atoms with van der Waals surface area (Å²) >= 11 is 0. The molecule has 0 unspecified atom stereocenters. The number of nitrogens with zero attached hydrogens (tertiary/aromatic N) is 3. The van der Waals surface area contributed by atoms with Gasteiger partial charge in [-0.1, -0.05) is 23.4 Å². The first kappa shape index (κ1) is 20.0. The third-order valence-corrected chi connectivity index (χ3v) is 5.17. The van der Waals surface area contributed by atoms with Gasteiger partial charge in [0.15, 0.2) is 0 Å². The van der Waals surface area contributed by atoms with Crippen molar-refractivity contribution in [2.75, 3.05) is 12.9 Å². The Morgan fingerprint density at radius 3 is 2.46 bits per heavy atom. The Kier molecular flexibility index (Phi) is 6.05. The minimum Gasteiger partial charge on any atom is -0.494 e. The van der Waals surface area contributed by atoms with Gasteiger partial charge in [-0.05, 0) is 37.3 Å². The molecule has 0 fully saturated rings. The smallest absolute Gasteiger partial charge is 0.242 e. The fourth-order valence-electron chi connectivity index (χ4n) is 2.56. The van der Waals surface area contributed by atoms with Gasteiger partial charge in [-0.3, -0.25) is 0 Å². The Morgan fingerprint density at radius 1 is 1.11 bits per heavy atom. The lowest BCUT2D eigenvalue weighted by Crippen LogP contribution is -2.29. The highest BCUT2D eigenvalue weighted by atomic mass is 32.2. The molecule has 0 aliphatic carbocycles. The van der Waals surface area contributed by atoms with Crippen LogP contribution in [0.4, 0.5) is 4.39 Å². The monoisotopic (exact) mass is 405 g/mol. The van der Waals surface area contributed by atoms with E-state index in [-0.39, 0.29) is 24.5 Å². The summed E-state index contributed by atoms with van der Waals surface area (Å²) in [5, 5.41) is 3.90. The first-order valence-corrected chi connectivity index (χ1v) is 10.5. The Bertz CT molecular complexity index is 1040. The minimum atomic E-state index is -3.62. The maximum atomic E-state index is 13.9. The summed E-state index contributed by atoms with van der Waals surface area (Å²) in [6.45, 7) is 2.17. The van der Waals surface area contributed by atoms with Crippen molar-refractivity contribution >= 4 is 10.0 Å². The molecular weight excluding hydrogens is 385 g/mol. The van der Waals surface area contributed by atoms with E-state index in [1.165, 1.54) is 12.1 Å². The summed E-state index contributed by atoms with van der Waals surface area (Å²) in [4.78, 5) is 4.26. The summed E-state index contributed by atoms with van der Waals surface area (Å²) in [6.07, 6.45) is 1.05. The van der Waals surface area contributed by atoms with E-state index in [9.17, 15) is 12.8 Å². The van der Waals surface area contributed by atoms with Gasteiger partial charge in [0.1, 0.15) is 11.6 Å². The van der Waals surface area contributed by atoms with Crippen LogP contribution in [0.5, 0.6) is 5.75 Å². The van der Waals surface area contributed by atoms with Gasteiger partial charge in [-0.25, -0.2) is 12.8 Å². The van der Waals surface area contributed by atoms with E-state index in [0.29, 0.717) is 18.0 Å².